The average molecular weight is 218 g/mol. The minimum absolute atomic E-state index is 0.585. The van der Waals surface area contributed by atoms with Gasteiger partial charge in [-0.05, 0) is 18.1 Å². The lowest BCUT2D eigenvalue weighted by molar-refractivity contribution is 0.0144. The molecule has 0 amide bonds. The van der Waals surface area contributed by atoms with Crippen molar-refractivity contribution in [1.29, 1.82) is 0 Å². The zero-order chi connectivity index (χ0) is 10.8. The fourth-order valence-electron chi connectivity index (χ4n) is 2.72. The average Bonchev–Trinajstić information content (AvgIpc) is 2.39. The molecular weight excluding hydrogens is 200 g/mol. The van der Waals surface area contributed by atoms with E-state index < -0.39 is 0 Å². The summed E-state index contributed by atoms with van der Waals surface area (Å²) in [6.07, 6.45) is 1.21. The highest BCUT2D eigenvalue weighted by molar-refractivity contribution is 5.54. The van der Waals surface area contributed by atoms with Crippen LogP contribution in [0.1, 0.15) is 18.0 Å². The van der Waals surface area contributed by atoms with E-state index in [2.05, 4.69) is 34.5 Å². The normalized spacial score (nSPS) is 25.9. The predicted octanol–water partition coefficient (Wildman–Crippen LogP) is 1.88. The molecule has 2 heterocycles. The third kappa shape index (κ3) is 1.81. The summed E-state index contributed by atoms with van der Waals surface area (Å²) >= 11 is 0. The fraction of sp³-hybridized carbons (Fsp3) is 0.538. The Morgan fingerprint density at radius 1 is 1.19 bits per heavy atom. The molecule has 0 saturated carbocycles. The molecule has 3 nitrogen and oxygen atoms in total. The van der Waals surface area contributed by atoms with Gasteiger partial charge in [-0.2, -0.15) is 0 Å². The van der Waals surface area contributed by atoms with Gasteiger partial charge in [0.05, 0.1) is 13.2 Å². The number of nitrogens with zero attached hydrogens (tertiary/aromatic N) is 1. The summed E-state index contributed by atoms with van der Waals surface area (Å²) in [4.78, 5) is 2.56. The molecule has 0 spiro atoms. The molecule has 2 aliphatic rings. The van der Waals surface area contributed by atoms with Crippen molar-refractivity contribution < 1.29 is 4.74 Å². The van der Waals surface area contributed by atoms with Gasteiger partial charge >= 0.3 is 0 Å². The van der Waals surface area contributed by atoms with E-state index in [1.165, 1.54) is 17.7 Å². The Morgan fingerprint density at radius 3 is 2.88 bits per heavy atom. The predicted molar refractivity (Wildman–Crippen MR) is 64.7 cm³/mol. The van der Waals surface area contributed by atoms with Crippen molar-refractivity contribution >= 4 is 5.69 Å². The highest BCUT2D eigenvalue weighted by atomic mass is 16.5. The Kier molecular flexibility index (Phi) is 2.80. The van der Waals surface area contributed by atoms with Crippen LogP contribution in [0.25, 0.3) is 0 Å². The summed E-state index contributed by atoms with van der Waals surface area (Å²) in [6.45, 7) is 4.98. The van der Waals surface area contributed by atoms with Crippen LogP contribution in [-0.2, 0) is 4.74 Å². The molecule has 86 valence electrons. The van der Waals surface area contributed by atoms with Gasteiger partial charge in [-0.3, -0.25) is 4.90 Å². The molecule has 1 atom stereocenters. The first-order valence-electron chi connectivity index (χ1n) is 6.10. The van der Waals surface area contributed by atoms with Crippen LogP contribution in [0.3, 0.4) is 0 Å². The van der Waals surface area contributed by atoms with E-state index in [1.807, 2.05) is 0 Å². The third-order valence-electron chi connectivity index (χ3n) is 3.54. The molecule has 3 heteroatoms. The van der Waals surface area contributed by atoms with Gasteiger partial charge in [0.15, 0.2) is 0 Å². The zero-order valence-electron chi connectivity index (χ0n) is 9.48. The second kappa shape index (κ2) is 4.44. The minimum atomic E-state index is 0.585. The Bertz CT molecular complexity index is 361. The van der Waals surface area contributed by atoms with E-state index in [0.717, 1.165) is 32.8 Å². The zero-order valence-corrected chi connectivity index (χ0v) is 9.48. The van der Waals surface area contributed by atoms with Gasteiger partial charge in [0.1, 0.15) is 0 Å². The van der Waals surface area contributed by atoms with Gasteiger partial charge in [0.25, 0.3) is 0 Å². The first-order chi connectivity index (χ1) is 7.95. The van der Waals surface area contributed by atoms with E-state index in [4.69, 9.17) is 4.74 Å². The summed E-state index contributed by atoms with van der Waals surface area (Å²) in [5.41, 5.74) is 2.76. The van der Waals surface area contributed by atoms with Gasteiger partial charge in [0, 0.05) is 31.4 Å². The van der Waals surface area contributed by atoms with E-state index in [-0.39, 0.29) is 0 Å². The van der Waals surface area contributed by atoms with Crippen molar-refractivity contribution in [2.24, 2.45) is 0 Å². The van der Waals surface area contributed by atoms with Crippen LogP contribution in [0, 0.1) is 0 Å². The van der Waals surface area contributed by atoms with E-state index >= 15 is 0 Å². The van der Waals surface area contributed by atoms with E-state index in [9.17, 15) is 0 Å². The van der Waals surface area contributed by atoms with Gasteiger partial charge in [0.2, 0.25) is 0 Å². The highest BCUT2D eigenvalue weighted by Crippen LogP contribution is 2.34. The Hall–Kier alpha value is -1.06. The second-order valence-corrected chi connectivity index (χ2v) is 4.47. The number of para-hydroxylation sites is 1. The van der Waals surface area contributed by atoms with Crippen molar-refractivity contribution in [3.05, 3.63) is 29.8 Å². The molecule has 1 fully saturated rings. The lowest BCUT2D eigenvalue weighted by Crippen LogP contribution is -2.41. The van der Waals surface area contributed by atoms with Crippen molar-refractivity contribution in [1.82, 2.24) is 4.90 Å². The van der Waals surface area contributed by atoms with Crippen LogP contribution < -0.4 is 5.32 Å². The number of hydrogen-bond donors (Lipinski definition) is 1. The summed E-state index contributed by atoms with van der Waals surface area (Å²) in [5, 5.41) is 3.47. The summed E-state index contributed by atoms with van der Waals surface area (Å²) < 4.78 is 5.42. The second-order valence-electron chi connectivity index (χ2n) is 4.47. The van der Waals surface area contributed by atoms with Crippen LogP contribution in [0.15, 0.2) is 24.3 Å². The Balaban J connectivity index is 1.86. The maximum Gasteiger partial charge on any atom is 0.0594 e. The summed E-state index contributed by atoms with van der Waals surface area (Å²) in [5.74, 6) is 0. The summed E-state index contributed by atoms with van der Waals surface area (Å²) in [6, 6.07) is 9.26. The monoisotopic (exact) mass is 218 g/mol. The number of anilines is 1. The van der Waals surface area contributed by atoms with Crippen LogP contribution in [0.5, 0.6) is 0 Å². The quantitative estimate of drug-likeness (QED) is 0.779. The molecule has 0 aliphatic carbocycles. The molecule has 2 aliphatic heterocycles. The van der Waals surface area contributed by atoms with Crippen molar-refractivity contribution in [3.63, 3.8) is 0 Å². The Morgan fingerprint density at radius 2 is 2.00 bits per heavy atom. The molecule has 1 aromatic rings. The molecule has 0 aromatic heterocycles. The lowest BCUT2D eigenvalue weighted by atomic mass is 9.96. The van der Waals surface area contributed by atoms with Gasteiger partial charge < -0.3 is 10.1 Å². The minimum Gasteiger partial charge on any atom is -0.385 e. The number of benzene rings is 1. The fourth-order valence-corrected chi connectivity index (χ4v) is 2.72. The van der Waals surface area contributed by atoms with Gasteiger partial charge in [-0.1, -0.05) is 18.2 Å². The van der Waals surface area contributed by atoms with E-state index in [0.29, 0.717) is 6.04 Å². The molecule has 16 heavy (non-hydrogen) atoms. The van der Waals surface area contributed by atoms with Crippen molar-refractivity contribution in [3.8, 4) is 0 Å². The van der Waals surface area contributed by atoms with E-state index in [1.54, 1.807) is 0 Å². The molecular formula is C13H18N2O. The third-order valence-corrected chi connectivity index (χ3v) is 3.54. The number of fused-ring (bicyclic) bond motifs is 1. The molecule has 1 unspecified atom stereocenters. The first-order valence-corrected chi connectivity index (χ1v) is 6.10. The molecule has 3 rings (SSSR count). The maximum absolute atomic E-state index is 5.42. The van der Waals surface area contributed by atoms with Crippen molar-refractivity contribution in [2.75, 3.05) is 38.2 Å². The number of rotatable bonds is 1. The van der Waals surface area contributed by atoms with Crippen LogP contribution in [0.2, 0.25) is 0 Å². The first kappa shape index (κ1) is 10.1. The molecule has 0 bridgehead atoms. The maximum atomic E-state index is 5.42. The largest absolute Gasteiger partial charge is 0.385 e. The Labute approximate surface area is 96.4 Å². The number of morpholine rings is 1. The van der Waals surface area contributed by atoms with Gasteiger partial charge in [-0.15, -0.1) is 0 Å². The number of nitrogens with one attached hydrogen (secondary N) is 1. The van der Waals surface area contributed by atoms with Crippen LogP contribution in [-0.4, -0.2) is 37.7 Å². The van der Waals surface area contributed by atoms with Gasteiger partial charge in [-0.25, -0.2) is 0 Å². The molecule has 1 aromatic carbocycles. The van der Waals surface area contributed by atoms with Crippen molar-refractivity contribution in [2.45, 2.75) is 12.5 Å². The van der Waals surface area contributed by atoms with Crippen LogP contribution >= 0.6 is 0 Å². The number of hydrogen-bond acceptors (Lipinski definition) is 3. The topological polar surface area (TPSA) is 24.5 Å². The molecule has 1 N–H and O–H groups in total. The standard InChI is InChI=1S/C13H18N2O/c1-2-4-12-11(3-1)13(5-6-14-12)15-7-9-16-10-8-15/h1-4,13-14H,5-10H2. The SMILES string of the molecule is c1ccc2c(c1)NCCC2N1CCOCC1. The number of ether oxygens (including phenoxy) is 1. The lowest BCUT2D eigenvalue weighted by Gasteiger charge is -2.38. The summed E-state index contributed by atoms with van der Waals surface area (Å²) in [7, 11) is 0. The molecule has 1 saturated heterocycles. The van der Waals surface area contributed by atoms with Crippen LogP contribution in [0.4, 0.5) is 5.69 Å². The molecule has 0 radical (unpaired) electrons. The smallest absolute Gasteiger partial charge is 0.0594 e. The highest BCUT2D eigenvalue weighted by Gasteiger charge is 2.26.